The Morgan fingerprint density at radius 2 is 2.35 bits per heavy atom. The number of benzene rings is 1. The van der Waals surface area contributed by atoms with Gasteiger partial charge in [-0.2, -0.15) is 0 Å². The number of hydrogen-bond acceptors (Lipinski definition) is 4. The van der Waals surface area contributed by atoms with E-state index in [0.717, 1.165) is 33.3 Å². The molecule has 1 saturated heterocycles. The third-order valence-electron chi connectivity index (χ3n) is 2.94. The van der Waals surface area contributed by atoms with Crippen molar-refractivity contribution in [2.45, 2.75) is 19.1 Å². The van der Waals surface area contributed by atoms with Crippen molar-refractivity contribution in [1.29, 1.82) is 0 Å². The lowest BCUT2D eigenvalue weighted by Gasteiger charge is -2.38. The minimum Gasteiger partial charge on any atom is -0.365 e. The molecule has 90 valence electrons. The standard InChI is InChI=1S/C12H13ClN2OS/c1-12(6-14-7-12)16-5-11-15-9-4-8(13)2-3-10(9)17-11/h2-4,14H,5-7H2,1H3. The summed E-state index contributed by atoms with van der Waals surface area (Å²) < 4.78 is 7.02. The van der Waals surface area contributed by atoms with Crippen LogP contribution >= 0.6 is 22.9 Å². The zero-order valence-corrected chi connectivity index (χ0v) is 11.1. The molecule has 1 aliphatic rings. The maximum Gasteiger partial charge on any atom is 0.120 e. The minimum absolute atomic E-state index is 0.0184. The van der Waals surface area contributed by atoms with E-state index in [0.29, 0.717) is 6.61 Å². The summed E-state index contributed by atoms with van der Waals surface area (Å²) in [6, 6.07) is 5.79. The zero-order valence-electron chi connectivity index (χ0n) is 9.50. The highest BCUT2D eigenvalue weighted by Crippen LogP contribution is 2.26. The van der Waals surface area contributed by atoms with Crippen molar-refractivity contribution < 1.29 is 4.74 Å². The molecule has 1 aromatic heterocycles. The fourth-order valence-electron chi connectivity index (χ4n) is 1.83. The molecule has 0 saturated carbocycles. The molecule has 0 amide bonds. The highest BCUT2D eigenvalue weighted by molar-refractivity contribution is 7.18. The zero-order chi connectivity index (χ0) is 11.9. The fourth-order valence-corrected chi connectivity index (χ4v) is 2.85. The lowest BCUT2D eigenvalue weighted by molar-refractivity contribution is -0.0767. The van der Waals surface area contributed by atoms with Gasteiger partial charge in [-0.05, 0) is 25.1 Å². The van der Waals surface area contributed by atoms with Crippen molar-refractivity contribution in [3.05, 3.63) is 28.2 Å². The van der Waals surface area contributed by atoms with Gasteiger partial charge in [0.15, 0.2) is 0 Å². The molecule has 1 fully saturated rings. The van der Waals surface area contributed by atoms with Crippen LogP contribution in [-0.2, 0) is 11.3 Å². The number of aromatic nitrogens is 1. The van der Waals surface area contributed by atoms with Gasteiger partial charge in [-0.1, -0.05) is 11.6 Å². The summed E-state index contributed by atoms with van der Waals surface area (Å²) in [7, 11) is 0. The number of halogens is 1. The molecule has 0 atom stereocenters. The van der Waals surface area contributed by atoms with Crippen LogP contribution in [0.25, 0.3) is 10.2 Å². The SMILES string of the molecule is CC1(OCc2nc3cc(Cl)ccc3s2)CNC1. The van der Waals surface area contributed by atoms with Gasteiger partial charge in [-0.3, -0.25) is 0 Å². The van der Waals surface area contributed by atoms with Crippen molar-refractivity contribution in [1.82, 2.24) is 10.3 Å². The van der Waals surface area contributed by atoms with Gasteiger partial charge in [-0.15, -0.1) is 11.3 Å². The Labute approximate surface area is 109 Å². The Morgan fingerprint density at radius 1 is 1.53 bits per heavy atom. The molecule has 0 aliphatic carbocycles. The molecule has 17 heavy (non-hydrogen) atoms. The smallest absolute Gasteiger partial charge is 0.120 e. The first kappa shape index (κ1) is 11.4. The van der Waals surface area contributed by atoms with Crippen LogP contribution < -0.4 is 5.32 Å². The van der Waals surface area contributed by atoms with E-state index in [1.165, 1.54) is 0 Å². The monoisotopic (exact) mass is 268 g/mol. The molecule has 5 heteroatoms. The number of nitrogens with one attached hydrogen (secondary N) is 1. The van der Waals surface area contributed by atoms with Gasteiger partial charge in [0.25, 0.3) is 0 Å². The van der Waals surface area contributed by atoms with Gasteiger partial charge < -0.3 is 10.1 Å². The van der Waals surface area contributed by atoms with Gasteiger partial charge in [-0.25, -0.2) is 4.98 Å². The summed E-state index contributed by atoms with van der Waals surface area (Å²) in [5.41, 5.74) is 0.938. The predicted octanol–water partition coefficient (Wildman–Crippen LogP) is 2.83. The van der Waals surface area contributed by atoms with Crippen molar-refractivity contribution in [2.75, 3.05) is 13.1 Å². The van der Waals surface area contributed by atoms with Crippen molar-refractivity contribution in [2.24, 2.45) is 0 Å². The third kappa shape index (κ3) is 2.31. The van der Waals surface area contributed by atoms with E-state index >= 15 is 0 Å². The van der Waals surface area contributed by atoms with Crippen LogP contribution in [0, 0.1) is 0 Å². The van der Waals surface area contributed by atoms with E-state index < -0.39 is 0 Å². The summed E-state index contributed by atoms with van der Waals surface area (Å²) in [5.74, 6) is 0. The fraction of sp³-hybridized carbons (Fsp3) is 0.417. The minimum atomic E-state index is -0.0184. The van der Waals surface area contributed by atoms with E-state index in [-0.39, 0.29) is 5.60 Å². The number of nitrogens with zero attached hydrogens (tertiary/aromatic N) is 1. The number of thiazole rings is 1. The van der Waals surface area contributed by atoms with Crippen LogP contribution in [0.4, 0.5) is 0 Å². The Balaban J connectivity index is 1.76. The summed E-state index contributed by atoms with van der Waals surface area (Å²) in [5, 5.41) is 4.95. The Hall–Kier alpha value is -0.680. The molecule has 0 bridgehead atoms. The number of hydrogen-bond donors (Lipinski definition) is 1. The first-order valence-corrected chi connectivity index (χ1v) is 6.74. The third-order valence-corrected chi connectivity index (χ3v) is 4.18. The van der Waals surface area contributed by atoms with E-state index in [4.69, 9.17) is 16.3 Å². The summed E-state index contributed by atoms with van der Waals surface area (Å²) >= 11 is 7.60. The van der Waals surface area contributed by atoms with Crippen molar-refractivity contribution >= 4 is 33.2 Å². The van der Waals surface area contributed by atoms with Crippen LogP contribution in [-0.4, -0.2) is 23.7 Å². The van der Waals surface area contributed by atoms with Crippen LogP contribution in [0.2, 0.25) is 5.02 Å². The topological polar surface area (TPSA) is 34.1 Å². The molecular formula is C12H13ClN2OS. The number of rotatable bonds is 3. The largest absolute Gasteiger partial charge is 0.365 e. The van der Waals surface area contributed by atoms with E-state index in [1.807, 2.05) is 18.2 Å². The molecule has 3 nitrogen and oxygen atoms in total. The lowest BCUT2D eigenvalue weighted by Crippen LogP contribution is -2.58. The molecule has 3 rings (SSSR count). The van der Waals surface area contributed by atoms with Gasteiger partial charge in [0.05, 0.1) is 22.4 Å². The van der Waals surface area contributed by atoms with Crippen molar-refractivity contribution in [3.8, 4) is 0 Å². The normalized spacial score (nSPS) is 18.2. The molecule has 0 unspecified atom stereocenters. The molecule has 0 radical (unpaired) electrons. The van der Waals surface area contributed by atoms with E-state index in [1.54, 1.807) is 11.3 Å². The summed E-state index contributed by atoms with van der Waals surface area (Å²) in [6.07, 6.45) is 0. The maximum absolute atomic E-state index is 5.93. The first-order valence-electron chi connectivity index (χ1n) is 5.54. The van der Waals surface area contributed by atoms with Crippen LogP contribution in [0.1, 0.15) is 11.9 Å². The second kappa shape index (κ2) is 4.21. The van der Waals surface area contributed by atoms with Crippen molar-refractivity contribution in [3.63, 3.8) is 0 Å². The molecule has 2 heterocycles. The van der Waals surface area contributed by atoms with E-state index in [9.17, 15) is 0 Å². The molecule has 1 aromatic carbocycles. The molecule has 2 aromatic rings. The second-order valence-electron chi connectivity index (χ2n) is 4.56. The van der Waals surface area contributed by atoms with Crippen LogP contribution in [0.15, 0.2) is 18.2 Å². The number of fused-ring (bicyclic) bond motifs is 1. The van der Waals surface area contributed by atoms with Gasteiger partial charge >= 0.3 is 0 Å². The van der Waals surface area contributed by atoms with Gasteiger partial charge in [0.2, 0.25) is 0 Å². The second-order valence-corrected chi connectivity index (χ2v) is 6.11. The highest BCUT2D eigenvalue weighted by Gasteiger charge is 2.32. The summed E-state index contributed by atoms with van der Waals surface area (Å²) in [4.78, 5) is 4.52. The van der Waals surface area contributed by atoms with Gasteiger partial charge in [0.1, 0.15) is 5.01 Å². The molecule has 1 N–H and O–H groups in total. The molecular weight excluding hydrogens is 256 g/mol. The predicted molar refractivity (Wildman–Crippen MR) is 70.7 cm³/mol. The lowest BCUT2D eigenvalue weighted by atomic mass is 10.0. The Bertz CT molecular complexity index is 550. The Kier molecular flexibility index (Phi) is 2.83. The van der Waals surface area contributed by atoms with E-state index in [2.05, 4.69) is 17.2 Å². The average molecular weight is 269 g/mol. The highest BCUT2D eigenvalue weighted by atomic mass is 35.5. The maximum atomic E-state index is 5.93. The first-order chi connectivity index (χ1) is 8.15. The average Bonchev–Trinajstić information content (AvgIpc) is 2.65. The quantitative estimate of drug-likeness (QED) is 0.930. The summed E-state index contributed by atoms with van der Waals surface area (Å²) in [6.45, 7) is 4.54. The Morgan fingerprint density at radius 3 is 3.06 bits per heavy atom. The molecule has 1 aliphatic heterocycles. The van der Waals surface area contributed by atoms with Gasteiger partial charge in [0, 0.05) is 18.1 Å². The van der Waals surface area contributed by atoms with Crippen LogP contribution in [0.3, 0.4) is 0 Å². The number of ether oxygens (including phenoxy) is 1. The van der Waals surface area contributed by atoms with Crippen LogP contribution in [0.5, 0.6) is 0 Å². The molecule has 0 spiro atoms.